The largest absolute Gasteiger partial charge is 0.452 e. The van der Waals surface area contributed by atoms with Crippen molar-refractivity contribution in [2.24, 2.45) is 5.92 Å². The standard InChI is InChI=1S/C15H21NO5S/c1-11(2)7-8-16-14(17)10-21-15(18)12-5-4-6-13(9-12)22(3,19)20/h4-6,9,11H,7-8,10H2,1-3H3,(H,16,17). The first-order chi connectivity index (χ1) is 10.2. The number of benzene rings is 1. The summed E-state index contributed by atoms with van der Waals surface area (Å²) in [6.07, 6.45) is 1.90. The summed E-state index contributed by atoms with van der Waals surface area (Å²) in [6.45, 7) is 4.22. The molecule has 0 radical (unpaired) electrons. The molecule has 1 N–H and O–H groups in total. The van der Waals surface area contributed by atoms with E-state index in [9.17, 15) is 18.0 Å². The maximum atomic E-state index is 11.8. The Balaban J connectivity index is 2.54. The lowest BCUT2D eigenvalue weighted by Crippen LogP contribution is -2.30. The molecule has 0 heterocycles. The summed E-state index contributed by atoms with van der Waals surface area (Å²) in [5.74, 6) is -0.639. The van der Waals surface area contributed by atoms with Crippen molar-refractivity contribution < 1.29 is 22.7 Å². The van der Waals surface area contributed by atoms with Gasteiger partial charge in [0.1, 0.15) is 0 Å². The van der Waals surface area contributed by atoms with E-state index < -0.39 is 15.8 Å². The van der Waals surface area contributed by atoms with Crippen LogP contribution in [0, 0.1) is 5.92 Å². The van der Waals surface area contributed by atoms with E-state index in [2.05, 4.69) is 5.32 Å². The van der Waals surface area contributed by atoms with Crippen molar-refractivity contribution in [1.82, 2.24) is 5.32 Å². The maximum absolute atomic E-state index is 11.8. The van der Waals surface area contributed by atoms with Crippen LogP contribution in [0.2, 0.25) is 0 Å². The molecule has 0 fully saturated rings. The summed E-state index contributed by atoms with van der Waals surface area (Å²) in [5.41, 5.74) is 0.0953. The molecule has 1 aromatic rings. The zero-order chi connectivity index (χ0) is 16.8. The molecule has 0 bridgehead atoms. The SMILES string of the molecule is CC(C)CCNC(=O)COC(=O)c1cccc(S(C)(=O)=O)c1. The first-order valence-electron chi connectivity index (χ1n) is 6.94. The van der Waals surface area contributed by atoms with E-state index in [4.69, 9.17) is 4.74 Å². The van der Waals surface area contributed by atoms with Gasteiger partial charge in [-0.2, -0.15) is 0 Å². The average molecular weight is 327 g/mol. The van der Waals surface area contributed by atoms with E-state index in [0.29, 0.717) is 12.5 Å². The number of esters is 1. The van der Waals surface area contributed by atoms with Crippen LogP contribution in [-0.4, -0.2) is 39.7 Å². The first-order valence-corrected chi connectivity index (χ1v) is 8.83. The monoisotopic (exact) mass is 327 g/mol. The van der Waals surface area contributed by atoms with Crippen LogP contribution >= 0.6 is 0 Å². The summed E-state index contributed by atoms with van der Waals surface area (Å²) in [5, 5.41) is 2.64. The van der Waals surface area contributed by atoms with Crippen molar-refractivity contribution in [3.05, 3.63) is 29.8 Å². The van der Waals surface area contributed by atoms with Crippen LogP contribution in [0.15, 0.2) is 29.2 Å². The zero-order valence-electron chi connectivity index (χ0n) is 13.0. The van der Waals surface area contributed by atoms with Gasteiger partial charge in [0.25, 0.3) is 5.91 Å². The molecule has 0 aliphatic heterocycles. The molecule has 0 atom stereocenters. The Labute approximate surface area is 130 Å². The van der Waals surface area contributed by atoms with E-state index >= 15 is 0 Å². The Kier molecular flexibility index (Phi) is 6.55. The summed E-state index contributed by atoms with van der Waals surface area (Å²) in [6, 6.07) is 5.52. The van der Waals surface area contributed by atoms with Crippen LogP contribution in [0.5, 0.6) is 0 Å². The minimum atomic E-state index is -3.40. The van der Waals surface area contributed by atoms with Gasteiger partial charge in [-0.3, -0.25) is 4.79 Å². The van der Waals surface area contributed by atoms with Crippen molar-refractivity contribution >= 4 is 21.7 Å². The number of ether oxygens (including phenoxy) is 1. The highest BCUT2D eigenvalue weighted by Crippen LogP contribution is 2.12. The Morgan fingerprint density at radius 1 is 1.27 bits per heavy atom. The summed E-state index contributed by atoms with van der Waals surface area (Å²) in [4.78, 5) is 23.3. The summed E-state index contributed by atoms with van der Waals surface area (Å²) >= 11 is 0. The van der Waals surface area contributed by atoms with Crippen LogP contribution in [-0.2, 0) is 19.4 Å². The van der Waals surface area contributed by atoms with Crippen molar-refractivity contribution in [3.8, 4) is 0 Å². The number of hydrogen-bond acceptors (Lipinski definition) is 5. The molecule has 1 amide bonds. The summed E-state index contributed by atoms with van der Waals surface area (Å²) in [7, 11) is -3.40. The van der Waals surface area contributed by atoms with Crippen molar-refractivity contribution in [3.63, 3.8) is 0 Å². The Hall–Kier alpha value is -1.89. The topological polar surface area (TPSA) is 89.5 Å². The van der Waals surface area contributed by atoms with Gasteiger partial charge < -0.3 is 10.1 Å². The molecule has 0 aliphatic rings. The lowest BCUT2D eigenvalue weighted by atomic mass is 10.1. The fourth-order valence-corrected chi connectivity index (χ4v) is 2.29. The number of rotatable bonds is 7. The van der Waals surface area contributed by atoms with E-state index in [1.165, 1.54) is 24.3 Å². The van der Waals surface area contributed by atoms with Crippen LogP contribution < -0.4 is 5.32 Å². The van der Waals surface area contributed by atoms with E-state index in [1.54, 1.807) is 0 Å². The lowest BCUT2D eigenvalue weighted by Gasteiger charge is -2.08. The quantitative estimate of drug-likeness (QED) is 0.765. The van der Waals surface area contributed by atoms with Crippen LogP contribution in [0.3, 0.4) is 0 Å². The third kappa shape index (κ3) is 6.26. The van der Waals surface area contributed by atoms with E-state index in [-0.39, 0.29) is 23.0 Å². The van der Waals surface area contributed by atoms with Gasteiger partial charge in [0.2, 0.25) is 0 Å². The Morgan fingerprint density at radius 3 is 2.55 bits per heavy atom. The molecule has 0 aromatic heterocycles. The number of amides is 1. The summed E-state index contributed by atoms with van der Waals surface area (Å²) < 4.78 is 27.7. The number of nitrogens with one attached hydrogen (secondary N) is 1. The van der Waals surface area contributed by atoms with Crippen LogP contribution in [0.25, 0.3) is 0 Å². The molecule has 0 aliphatic carbocycles. The van der Waals surface area contributed by atoms with Gasteiger partial charge in [-0.05, 0) is 30.5 Å². The Bertz CT molecular complexity index is 637. The molecule has 0 unspecified atom stereocenters. The van der Waals surface area contributed by atoms with Crippen molar-refractivity contribution in [2.75, 3.05) is 19.4 Å². The number of sulfone groups is 1. The Morgan fingerprint density at radius 2 is 1.95 bits per heavy atom. The number of carbonyl (C=O) groups excluding carboxylic acids is 2. The normalized spacial score (nSPS) is 11.3. The lowest BCUT2D eigenvalue weighted by molar-refractivity contribution is -0.124. The highest BCUT2D eigenvalue weighted by Gasteiger charge is 2.14. The van der Waals surface area contributed by atoms with E-state index in [1.807, 2.05) is 13.8 Å². The number of carbonyl (C=O) groups is 2. The predicted octanol–water partition coefficient (Wildman–Crippen LogP) is 1.41. The van der Waals surface area contributed by atoms with Crippen LogP contribution in [0.4, 0.5) is 0 Å². The zero-order valence-corrected chi connectivity index (χ0v) is 13.8. The van der Waals surface area contributed by atoms with Crippen molar-refractivity contribution in [1.29, 1.82) is 0 Å². The highest BCUT2D eigenvalue weighted by molar-refractivity contribution is 7.90. The van der Waals surface area contributed by atoms with Gasteiger partial charge in [0.05, 0.1) is 10.5 Å². The maximum Gasteiger partial charge on any atom is 0.338 e. The second kappa shape index (κ2) is 7.93. The third-order valence-electron chi connectivity index (χ3n) is 2.88. The predicted molar refractivity (Wildman–Crippen MR) is 82.3 cm³/mol. The van der Waals surface area contributed by atoms with Gasteiger partial charge >= 0.3 is 5.97 Å². The molecule has 1 rings (SSSR count). The molecule has 7 heteroatoms. The van der Waals surface area contributed by atoms with Gasteiger partial charge in [0.15, 0.2) is 16.4 Å². The van der Waals surface area contributed by atoms with Crippen LogP contribution in [0.1, 0.15) is 30.6 Å². The molecule has 1 aromatic carbocycles. The highest BCUT2D eigenvalue weighted by atomic mass is 32.2. The minimum absolute atomic E-state index is 0.0309. The molecule has 6 nitrogen and oxygen atoms in total. The fraction of sp³-hybridized carbons (Fsp3) is 0.467. The first kappa shape index (κ1) is 18.2. The second-order valence-electron chi connectivity index (χ2n) is 5.41. The van der Waals surface area contributed by atoms with E-state index in [0.717, 1.165) is 12.7 Å². The molecule has 0 saturated carbocycles. The molecular weight excluding hydrogens is 306 g/mol. The molecule has 122 valence electrons. The smallest absolute Gasteiger partial charge is 0.338 e. The molecular formula is C15H21NO5S. The molecule has 0 saturated heterocycles. The van der Waals surface area contributed by atoms with Gasteiger partial charge in [-0.25, -0.2) is 13.2 Å². The fourth-order valence-electron chi connectivity index (χ4n) is 1.62. The minimum Gasteiger partial charge on any atom is -0.452 e. The number of hydrogen-bond donors (Lipinski definition) is 1. The third-order valence-corrected chi connectivity index (χ3v) is 3.99. The molecule has 22 heavy (non-hydrogen) atoms. The average Bonchev–Trinajstić information content (AvgIpc) is 2.43. The molecule has 0 spiro atoms. The van der Waals surface area contributed by atoms with Gasteiger partial charge in [-0.1, -0.05) is 19.9 Å². The van der Waals surface area contributed by atoms with Crippen molar-refractivity contribution in [2.45, 2.75) is 25.2 Å². The van der Waals surface area contributed by atoms with Gasteiger partial charge in [0, 0.05) is 12.8 Å². The van der Waals surface area contributed by atoms with Gasteiger partial charge in [-0.15, -0.1) is 0 Å². The second-order valence-corrected chi connectivity index (χ2v) is 7.42.